The van der Waals surface area contributed by atoms with E-state index >= 15 is 0 Å². The van der Waals surface area contributed by atoms with Gasteiger partial charge in [0.1, 0.15) is 0 Å². The zero-order valence-corrected chi connectivity index (χ0v) is 9.89. The van der Waals surface area contributed by atoms with Crippen LogP contribution in [0.5, 0.6) is 11.5 Å². The van der Waals surface area contributed by atoms with Gasteiger partial charge in [-0.3, -0.25) is 0 Å². The summed E-state index contributed by atoms with van der Waals surface area (Å²) >= 11 is 0. The predicted molar refractivity (Wildman–Crippen MR) is 64.1 cm³/mol. The molecule has 0 radical (unpaired) electrons. The lowest BCUT2D eigenvalue weighted by Crippen LogP contribution is -2.15. The number of ether oxygens (including phenoxy) is 2. The number of fused-ring (bicyclic) bond motifs is 1. The molecule has 0 saturated heterocycles. The second kappa shape index (κ2) is 4.57. The molecule has 0 spiro atoms. The Kier molecular flexibility index (Phi) is 2.93. The highest BCUT2D eigenvalue weighted by molar-refractivity contribution is 5.45. The summed E-state index contributed by atoms with van der Waals surface area (Å²) in [7, 11) is 0. The molecule has 1 N–H and O–H groups in total. The standard InChI is InChI=1S/C14H18O3/c15-14(10-4-2-1-3-5-10)11-6-7-12-13(8-11)17-9-16-12/h6-8,10,14-15H,1-5,9H2. The van der Waals surface area contributed by atoms with Crippen molar-refractivity contribution in [3.05, 3.63) is 23.8 Å². The van der Waals surface area contributed by atoms with Gasteiger partial charge in [0.05, 0.1) is 6.10 Å². The molecule has 0 bridgehead atoms. The zero-order valence-electron chi connectivity index (χ0n) is 9.89. The third-order valence-corrected chi connectivity index (χ3v) is 3.83. The molecule has 1 heterocycles. The van der Waals surface area contributed by atoms with Crippen molar-refractivity contribution >= 4 is 0 Å². The maximum absolute atomic E-state index is 10.4. The molecule has 1 saturated carbocycles. The van der Waals surface area contributed by atoms with Gasteiger partial charge in [-0.15, -0.1) is 0 Å². The second-order valence-corrected chi connectivity index (χ2v) is 4.96. The average molecular weight is 234 g/mol. The molecule has 92 valence electrons. The molecule has 1 aromatic rings. The molecule has 0 aromatic heterocycles. The van der Waals surface area contributed by atoms with Crippen LogP contribution < -0.4 is 9.47 Å². The Balaban J connectivity index is 1.78. The molecule has 17 heavy (non-hydrogen) atoms. The monoisotopic (exact) mass is 234 g/mol. The number of aliphatic hydroxyl groups excluding tert-OH is 1. The Morgan fingerprint density at radius 3 is 2.65 bits per heavy atom. The van der Waals surface area contributed by atoms with Crippen molar-refractivity contribution in [2.75, 3.05) is 6.79 Å². The molecule has 3 nitrogen and oxygen atoms in total. The zero-order chi connectivity index (χ0) is 11.7. The maximum atomic E-state index is 10.4. The first kappa shape index (κ1) is 10.9. The first-order valence-electron chi connectivity index (χ1n) is 6.42. The fraction of sp³-hybridized carbons (Fsp3) is 0.571. The Bertz CT molecular complexity index is 396. The minimum atomic E-state index is -0.357. The molecule has 1 atom stereocenters. The van der Waals surface area contributed by atoms with E-state index in [2.05, 4.69) is 0 Å². The molecule has 2 aliphatic rings. The van der Waals surface area contributed by atoms with Gasteiger partial charge in [-0.1, -0.05) is 25.3 Å². The van der Waals surface area contributed by atoms with Crippen LogP contribution in [-0.2, 0) is 0 Å². The topological polar surface area (TPSA) is 38.7 Å². The van der Waals surface area contributed by atoms with E-state index in [0.29, 0.717) is 5.92 Å². The van der Waals surface area contributed by atoms with Gasteiger partial charge in [0.15, 0.2) is 11.5 Å². The molecule has 3 heteroatoms. The molecular formula is C14H18O3. The van der Waals surface area contributed by atoms with E-state index in [-0.39, 0.29) is 12.9 Å². The minimum Gasteiger partial charge on any atom is -0.454 e. The van der Waals surface area contributed by atoms with Crippen LogP contribution in [0.4, 0.5) is 0 Å². The third-order valence-electron chi connectivity index (χ3n) is 3.83. The molecular weight excluding hydrogens is 216 g/mol. The molecule has 1 fully saturated rings. The summed E-state index contributed by atoms with van der Waals surface area (Å²) in [4.78, 5) is 0. The maximum Gasteiger partial charge on any atom is 0.231 e. The third kappa shape index (κ3) is 2.12. The Morgan fingerprint density at radius 2 is 1.82 bits per heavy atom. The van der Waals surface area contributed by atoms with Gasteiger partial charge >= 0.3 is 0 Å². The van der Waals surface area contributed by atoms with E-state index in [1.807, 2.05) is 18.2 Å². The average Bonchev–Trinajstić information content (AvgIpc) is 2.86. The van der Waals surface area contributed by atoms with Gasteiger partial charge < -0.3 is 14.6 Å². The van der Waals surface area contributed by atoms with Crippen molar-refractivity contribution in [3.8, 4) is 11.5 Å². The second-order valence-electron chi connectivity index (χ2n) is 4.96. The lowest BCUT2D eigenvalue weighted by molar-refractivity contribution is 0.0846. The summed E-state index contributed by atoms with van der Waals surface area (Å²) in [5.74, 6) is 1.95. The van der Waals surface area contributed by atoms with Gasteiger partial charge in [-0.25, -0.2) is 0 Å². The van der Waals surface area contributed by atoms with E-state index in [4.69, 9.17) is 9.47 Å². The molecule has 0 amide bonds. The Labute approximate surface area is 101 Å². The van der Waals surface area contributed by atoms with E-state index in [9.17, 15) is 5.11 Å². The van der Waals surface area contributed by atoms with Crippen molar-refractivity contribution in [2.45, 2.75) is 38.2 Å². The normalized spacial score (nSPS) is 21.5. The summed E-state index contributed by atoms with van der Waals surface area (Å²) < 4.78 is 10.6. The molecule has 1 unspecified atom stereocenters. The summed E-state index contributed by atoms with van der Waals surface area (Å²) in [5.41, 5.74) is 0.959. The van der Waals surface area contributed by atoms with E-state index in [0.717, 1.165) is 29.9 Å². The van der Waals surface area contributed by atoms with Crippen molar-refractivity contribution in [2.24, 2.45) is 5.92 Å². The number of hydrogen-bond acceptors (Lipinski definition) is 3. The predicted octanol–water partition coefficient (Wildman–Crippen LogP) is 3.03. The number of hydrogen-bond donors (Lipinski definition) is 1. The molecule has 1 aliphatic carbocycles. The Hall–Kier alpha value is -1.22. The van der Waals surface area contributed by atoms with E-state index < -0.39 is 0 Å². The minimum absolute atomic E-state index is 0.290. The summed E-state index contributed by atoms with van der Waals surface area (Å²) in [6.45, 7) is 0.290. The van der Waals surface area contributed by atoms with Crippen molar-refractivity contribution in [1.82, 2.24) is 0 Å². The summed E-state index contributed by atoms with van der Waals surface area (Å²) in [6, 6.07) is 5.76. The van der Waals surface area contributed by atoms with Crippen LogP contribution in [0.2, 0.25) is 0 Å². The Morgan fingerprint density at radius 1 is 1.06 bits per heavy atom. The first-order valence-corrected chi connectivity index (χ1v) is 6.42. The smallest absolute Gasteiger partial charge is 0.231 e. The SMILES string of the molecule is OC(c1ccc2c(c1)OCO2)C1CCCCC1. The van der Waals surface area contributed by atoms with Crippen LogP contribution in [0.1, 0.15) is 43.8 Å². The highest BCUT2D eigenvalue weighted by Gasteiger charge is 2.24. The fourth-order valence-electron chi connectivity index (χ4n) is 2.82. The summed E-state index contributed by atoms with van der Waals surface area (Å²) in [6.07, 6.45) is 5.71. The number of rotatable bonds is 2. The van der Waals surface area contributed by atoms with Crippen LogP contribution in [0, 0.1) is 5.92 Å². The fourth-order valence-corrected chi connectivity index (χ4v) is 2.82. The number of aliphatic hydroxyl groups is 1. The highest BCUT2D eigenvalue weighted by atomic mass is 16.7. The van der Waals surface area contributed by atoms with Gasteiger partial charge in [0, 0.05) is 0 Å². The first-order chi connectivity index (χ1) is 8.34. The lowest BCUT2D eigenvalue weighted by Gasteiger charge is -2.26. The van der Waals surface area contributed by atoms with Crippen molar-refractivity contribution in [1.29, 1.82) is 0 Å². The van der Waals surface area contributed by atoms with E-state index in [1.165, 1.54) is 19.3 Å². The van der Waals surface area contributed by atoms with Crippen LogP contribution in [0.25, 0.3) is 0 Å². The van der Waals surface area contributed by atoms with Crippen LogP contribution >= 0.6 is 0 Å². The van der Waals surface area contributed by atoms with Gasteiger partial charge in [-0.05, 0) is 36.5 Å². The lowest BCUT2D eigenvalue weighted by atomic mass is 9.83. The molecule has 1 aliphatic heterocycles. The largest absolute Gasteiger partial charge is 0.454 e. The van der Waals surface area contributed by atoms with E-state index in [1.54, 1.807) is 0 Å². The molecule has 1 aromatic carbocycles. The molecule has 3 rings (SSSR count). The van der Waals surface area contributed by atoms with Crippen LogP contribution in [-0.4, -0.2) is 11.9 Å². The summed E-state index contributed by atoms with van der Waals surface area (Å²) in [5, 5.41) is 10.4. The van der Waals surface area contributed by atoms with Gasteiger partial charge in [-0.2, -0.15) is 0 Å². The quantitative estimate of drug-likeness (QED) is 0.854. The van der Waals surface area contributed by atoms with Crippen molar-refractivity contribution in [3.63, 3.8) is 0 Å². The van der Waals surface area contributed by atoms with Crippen LogP contribution in [0.15, 0.2) is 18.2 Å². The highest BCUT2D eigenvalue weighted by Crippen LogP contribution is 2.39. The van der Waals surface area contributed by atoms with Crippen molar-refractivity contribution < 1.29 is 14.6 Å². The number of benzene rings is 1. The van der Waals surface area contributed by atoms with Gasteiger partial charge in [0.2, 0.25) is 6.79 Å². The van der Waals surface area contributed by atoms with Crippen LogP contribution in [0.3, 0.4) is 0 Å². The van der Waals surface area contributed by atoms with Gasteiger partial charge in [0.25, 0.3) is 0 Å².